The van der Waals surface area contributed by atoms with Crippen LogP contribution in [0.3, 0.4) is 0 Å². The maximum atomic E-state index is 13.2. The van der Waals surface area contributed by atoms with Crippen molar-refractivity contribution >= 4 is 21.6 Å². The van der Waals surface area contributed by atoms with E-state index in [2.05, 4.69) is 4.98 Å². The van der Waals surface area contributed by atoms with E-state index in [0.29, 0.717) is 31.5 Å². The van der Waals surface area contributed by atoms with E-state index in [4.69, 9.17) is 4.74 Å². The second kappa shape index (κ2) is 8.36. The maximum absolute atomic E-state index is 13.2. The Hall–Kier alpha value is -2.66. The lowest BCUT2D eigenvalue weighted by molar-refractivity contribution is -0.153. The van der Waals surface area contributed by atoms with Crippen molar-refractivity contribution in [2.45, 2.75) is 30.3 Å². The molecular weight excluding hydrogens is 447 g/mol. The number of hydrogen-bond acceptors (Lipinski definition) is 5. The molecule has 1 aromatic carbocycles. The molecule has 0 unspecified atom stereocenters. The number of ether oxygens (including phenoxy) is 1. The minimum atomic E-state index is -4.42. The lowest BCUT2D eigenvalue weighted by atomic mass is 9.77. The molecule has 2 aliphatic heterocycles. The fraction of sp³-hybridized carbons (Fsp3) is 0.429. The van der Waals surface area contributed by atoms with Crippen LogP contribution in [0.25, 0.3) is 0 Å². The molecule has 0 aliphatic carbocycles. The third-order valence-corrected chi connectivity index (χ3v) is 7.90. The molecule has 2 aromatic rings. The second-order valence-corrected chi connectivity index (χ2v) is 9.92. The van der Waals surface area contributed by atoms with Crippen LogP contribution >= 0.6 is 0 Å². The number of hydrogen-bond donors (Lipinski definition) is 0. The standard InChI is InChI=1S/C21H22F3N3O4S/c22-21(23,24)15-31-17-5-3-16(4-6-17)27-13-9-20(19(27)28)7-11-26(12-8-20)32(29,30)18-2-1-10-25-14-18/h1-6,10,14H,7-9,11-13,15H2. The number of aromatic nitrogens is 1. The average molecular weight is 469 g/mol. The number of sulfonamides is 1. The molecule has 4 rings (SSSR count). The highest BCUT2D eigenvalue weighted by molar-refractivity contribution is 7.89. The summed E-state index contributed by atoms with van der Waals surface area (Å²) < 4.78 is 68.6. The molecule has 1 amide bonds. The molecule has 2 saturated heterocycles. The number of alkyl halides is 3. The topological polar surface area (TPSA) is 79.8 Å². The lowest BCUT2D eigenvalue weighted by Crippen LogP contribution is -2.46. The molecule has 0 N–H and O–H groups in total. The molecule has 0 saturated carbocycles. The molecule has 0 radical (unpaired) electrons. The molecule has 11 heteroatoms. The Bertz CT molecular complexity index is 1070. The summed E-state index contributed by atoms with van der Waals surface area (Å²) in [7, 11) is -3.66. The highest BCUT2D eigenvalue weighted by Crippen LogP contribution is 2.44. The number of carbonyl (C=O) groups excluding carboxylic acids is 1. The summed E-state index contributed by atoms with van der Waals surface area (Å²) in [6.45, 7) is -0.435. The van der Waals surface area contributed by atoms with Gasteiger partial charge < -0.3 is 9.64 Å². The Kier molecular flexibility index (Phi) is 5.89. The summed E-state index contributed by atoms with van der Waals surface area (Å²) in [5.41, 5.74) is -0.0523. The van der Waals surface area contributed by atoms with Crippen LogP contribution in [0.1, 0.15) is 19.3 Å². The molecule has 2 fully saturated rings. The van der Waals surface area contributed by atoms with Gasteiger partial charge in [0.05, 0.1) is 5.41 Å². The van der Waals surface area contributed by atoms with Crippen molar-refractivity contribution in [2.75, 3.05) is 31.1 Å². The number of nitrogens with zero attached hydrogens (tertiary/aromatic N) is 3. The molecule has 32 heavy (non-hydrogen) atoms. The zero-order valence-electron chi connectivity index (χ0n) is 17.1. The maximum Gasteiger partial charge on any atom is 0.422 e. The molecule has 7 nitrogen and oxygen atoms in total. The Balaban J connectivity index is 1.41. The average Bonchev–Trinajstić information content (AvgIpc) is 3.09. The Morgan fingerprint density at radius 2 is 1.69 bits per heavy atom. The molecule has 172 valence electrons. The monoisotopic (exact) mass is 469 g/mol. The van der Waals surface area contributed by atoms with Gasteiger partial charge in [-0.25, -0.2) is 8.42 Å². The first-order valence-corrected chi connectivity index (χ1v) is 11.6. The van der Waals surface area contributed by atoms with Crippen LogP contribution < -0.4 is 9.64 Å². The van der Waals surface area contributed by atoms with Gasteiger partial charge in [-0.1, -0.05) is 0 Å². The number of anilines is 1. The van der Waals surface area contributed by atoms with Crippen molar-refractivity contribution in [2.24, 2.45) is 5.41 Å². The van der Waals surface area contributed by atoms with Gasteiger partial charge in [0, 0.05) is 37.7 Å². The van der Waals surface area contributed by atoms with Gasteiger partial charge in [0.1, 0.15) is 10.6 Å². The van der Waals surface area contributed by atoms with Crippen LogP contribution in [-0.2, 0) is 14.8 Å². The first kappa shape index (κ1) is 22.5. The number of carbonyl (C=O) groups is 1. The smallest absolute Gasteiger partial charge is 0.422 e. The zero-order valence-corrected chi connectivity index (χ0v) is 17.9. The third-order valence-electron chi connectivity index (χ3n) is 6.02. The Morgan fingerprint density at radius 3 is 2.28 bits per heavy atom. The van der Waals surface area contributed by atoms with Crippen molar-refractivity contribution in [1.29, 1.82) is 0 Å². The number of benzene rings is 1. The van der Waals surface area contributed by atoms with E-state index in [1.54, 1.807) is 23.1 Å². The highest BCUT2D eigenvalue weighted by atomic mass is 32.2. The van der Waals surface area contributed by atoms with Crippen molar-refractivity contribution in [3.63, 3.8) is 0 Å². The summed E-state index contributed by atoms with van der Waals surface area (Å²) in [6.07, 6.45) is -0.188. The quantitative estimate of drug-likeness (QED) is 0.672. The van der Waals surface area contributed by atoms with E-state index in [0.717, 1.165) is 0 Å². The van der Waals surface area contributed by atoms with Gasteiger partial charge in [-0.2, -0.15) is 17.5 Å². The fourth-order valence-electron chi connectivity index (χ4n) is 4.22. The Morgan fingerprint density at radius 1 is 1.03 bits per heavy atom. The van der Waals surface area contributed by atoms with E-state index < -0.39 is 28.2 Å². The largest absolute Gasteiger partial charge is 0.484 e. The number of pyridine rings is 1. The van der Waals surface area contributed by atoms with Gasteiger partial charge in [0.2, 0.25) is 15.9 Å². The minimum Gasteiger partial charge on any atom is -0.484 e. The minimum absolute atomic E-state index is 0.0707. The number of halogens is 3. The van der Waals surface area contributed by atoms with Crippen LogP contribution in [0.2, 0.25) is 0 Å². The fourth-order valence-corrected chi connectivity index (χ4v) is 5.63. The molecule has 0 bridgehead atoms. The third kappa shape index (κ3) is 4.44. The Labute approximate surface area is 183 Å². The van der Waals surface area contributed by atoms with E-state index in [9.17, 15) is 26.4 Å². The van der Waals surface area contributed by atoms with Gasteiger partial charge in [0.25, 0.3) is 0 Å². The summed E-state index contributed by atoms with van der Waals surface area (Å²) in [5, 5.41) is 0. The molecule has 3 heterocycles. The first-order valence-electron chi connectivity index (χ1n) is 10.1. The van der Waals surface area contributed by atoms with Gasteiger partial charge in [-0.3, -0.25) is 9.78 Å². The number of amides is 1. The lowest BCUT2D eigenvalue weighted by Gasteiger charge is -2.37. The van der Waals surface area contributed by atoms with Gasteiger partial charge in [-0.15, -0.1) is 0 Å². The van der Waals surface area contributed by atoms with Crippen molar-refractivity contribution < 1.29 is 31.1 Å². The zero-order chi connectivity index (χ0) is 23.0. The van der Waals surface area contributed by atoms with Gasteiger partial charge >= 0.3 is 6.18 Å². The molecule has 1 aromatic heterocycles. The van der Waals surface area contributed by atoms with Crippen molar-refractivity contribution in [1.82, 2.24) is 9.29 Å². The number of piperidine rings is 1. The van der Waals surface area contributed by atoms with Crippen LogP contribution in [0.15, 0.2) is 53.7 Å². The van der Waals surface area contributed by atoms with Crippen LogP contribution in [0.5, 0.6) is 5.75 Å². The molecule has 0 atom stereocenters. The van der Waals surface area contributed by atoms with Crippen molar-refractivity contribution in [3.05, 3.63) is 48.8 Å². The molecule has 1 spiro atoms. The van der Waals surface area contributed by atoms with Crippen LogP contribution in [-0.4, -0.2) is 56.0 Å². The van der Waals surface area contributed by atoms with E-state index >= 15 is 0 Å². The van der Waals surface area contributed by atoms with E-state index in [-0.39, 0.29) is 29.6 Å². The SMILES string of the molecule is O=C1N(c2ccc(OCC(F)(F)F)cc2)CCC12CCN(S(=O)(=O)c1cccnc1)CC2. The molecule has 2 aliphatic rings. The first-order chi connectivity index (χ1) is 15.1. The number of rotatable bonds is 5. The molecular formula is C21H22F3N3O4S. The predicted octanol–water partition coefficient (Wildman–Crippen LogP) is 3.23. The van der Waals surface area contributed by atoms with Crippen molar-refractivity contribution in [3.8, 4) is 5.75 Å². The summed E-state index contributed by atoms with van der Waals surface area (Å²) in [6, 6.07) is 8.99. The highest BCUT2D eigenvalue weighted by Gasteiger charge is 2.49. The summed E-state index contributed by atoms with van der Waals surface area (Å²) in [4.78, 5) is 18.8. The predicted molar refractivity (Wildman–Crippen MR) is 110 cm³/mol. The van der Waals surface area contributed by atoms with Gasteiger partial charge in [-0.05, 0) is 55.7 Å². The summed E-state index contributed by atoms with van der Waals surface area (Å²) in [5.74, 6) is -0.0127. The van der Waals surface area contributed by atoms with Crippen LogP contribution in [0, 0.1) is 5.41 Å². The van der Waals surface area contributed by atoms with E-state index in [1.807, 2.05) is 0 Å². The summed E-state index contributed by atoms with van der Waals surface area (Å²) >= 11 is 0. The van der Waals surface area contributed by atoms with Crippen LogP contribution in [0.4, 0.5) is 18.9 Å². The second-order valence-electron chi connectivity index (χ2n) is 7.98. The van der Waals surface area contributed by atoms with E-state index in [1.165, 1.54) is 34.9 Å². The van der Waals surface area contributed by atoms with Gasteiger partial charge in [0.15, 0.2) is 6.61 Å². The normalized spacial score (nSPS) is 19.5.